The third-order valence-corrected chi connectivity index (χ3v) is 7.91. The van der Waals surface area contributed by atoms with Crippen LogP contribution in [0.15, 0.2) is 6.07 Å². The molecular formula is C18H30N4O3S. The first kappa shape index (κ1) is 19.4. The molecule has 2 atom stereocenters. The van der Waals surface area contributed by atoms with Crippen molar-refractivity contribution in [3.63, 3.8) is 0 Å². The van der Waals surface area contributed by atoms with Crippen molar-refractivity contribution in [1.82, 2.24) is 19.0 Å². The van der Waals surface area contributed by atoms with Gasteiger partial charge in [0.25, 0.3) is 5.91 Å². The fraction of sp³-hybridized carbons (Fsp3) is 0.778. The van der Waals surface area contributed by atoms with Crippen LogP contribution in [0.2, 0.25) is 0 Å². The summed E-state index contributed by atoms with van der Waals surface area (Å²) in [6, 6.07) is 1.98. The van der Waals surface area contributed by atoms with E-state index in [4.69, 9.17) is 0 Å². The molecule has 1 aromatic rings. The Morgan fingerprint density at radius 2 is 2.04 bits per heavy atom. The second-order valence-electron chi connectivity index (χ2n) is 7.70. The highest BCUT2D eigenvalue weighted by atomic mass is 32.2. The molecule has 0 unspecified atom stereocenters. The largest absolute Gasteiger partial charge is 0.334 e. The van der Waals surface area contributed by atoms with Gasteiger partial charge in [-0.05, 0) is 58.9 Å². The average molecular weight is 383 g/mol. The van der Waals surface area contributed by atoms with E-state index in [1.165, 1.54) is 0 Å². The summed E-state index contributed by atoms with van der Waals surface area (Å²) < 4.78 is 28.4. The summed E-state index contributed by atoms with van der Waals surface area (Å²) in [4.78, 5) is 15.1. The third kappa shape index (κ3) is 3.41. The van der Waals surface area contributed by atoms with E-state index in [1.807, 2.05) is 24.8 Å². The van der Waals surface area contributed by atoms with Crippen molar-refractivity contribution in [3.05, 3.63) is 17.5 Å². The molecule has 1 aromatic heterocycles. The molecule has 146 valence electrons. The fourth-order valence-electron chi connectivity index (χ4n) is 4.26. The zero-order chi connectivity index (χ0) is 19.1. The van der Waals surface area contributed by atoms with Crippen LogP contribution in [0.5, 0.6) is 0 Å². The minimum absolute atomic E-state index is 0.0299. The maximum Gasteiger partial charge on any atom is 0.272 e. The zero-order valence-corrected chi connectivity index (χ0v) is 17.0. The summed E-state index contributed by atoms with van der Waals surface area (Å²) in [6.45, 7) is 9.77. The number of fused-ring (bicyclic) bond motifs is 1. The molecule has 7 nitrogen and oxygen atoms in total. The van der Waals surface area contributed by atoms with Crippen LogP contribution in [0, 0.1) is 12.8 Å². The van der Waals surface area contributed by atoms with Gasteiger partial charge in [-0.3, -0.25) is 9.48 Å². The summed E-state index contributed by atoms with van der Waals surface area (Å²) in [6.07, 6.45) is 2.61. The van der Waals surface area contributed by atoms with Gasteiger partial charge in [-0.15, -0.1) is 0 Å². The van der Waals surface area contributed by atoms with Crippen molar-refractivity contribution in [3.8, 4) is 0 Å². The number of carbonyl (C=O) groups is 1. The van der Waals surface area contributed by atoms with Crippen LogP contribution in [-0.2, 0) is 16.6 Å². The van der Waals surface area contributed by atoms with Gasteiger partial charge >= 0.3 is 0 Å². The molecular weight excluding hydrogens is 352 g/mol. The molecule has 2 fully saturated rings. The van der Waals surface area contributed by atoms with Crippen LogP contribution in [0.25, 0.3) is 0 Å². The van der Waals surface area contributed by atoms with Gasteiger partial charge in [0, 0.05) is 32.2 Å². The molecule has 0 radical (unpaired) electrons. The molecule has 0 spiro atoms. The van der Waals surface area contributed by atoms with Crippen LogP contribution in [-0.4, -0.2) is 64.2 Å². The van der Waals surface area contributed by atoms with E-state index in [2.05, 4.69) is 5.10 Å². The molecule has 0 saturated carbocycles. The standard InChI is InChI=1S/C18H30N4O3S/c1-5-22-17(11-14(4)19-22)18(23)21-9-6-7-15-12-20(10-8-16(15)21)26(24,25)13(2)3/h11,13,15-16H,5-10,12H2,1-4H3/t15-,16-/m1/s1. The summed E-state index contributed by atoms with van der Waals surface area (Å²) in [5, 5.41) is 3.99. The van der Waals surface area contributed by atoms with Gasteiger partial charge in [0.15, 0.2) is 0 Å². The molecule has 1 amide bonds. The summed E-state index contributed by atoms with van der Waals surface area (Å²) in [7, 11) is -3.23. The highest BCUT2D eigenvalue weighted by Crippen LogP contribution is 2.33. The van der Waals surface area contributed by atoms with E-state index < -0.39 is 15.3 Å². The minimum Gasteiger partial charge on any atom is -0.334 e. The van der Waals surface area contributed by atoms with E-state index in [0.717, 1.165) is 25.1 Å². The minimum atomic E-state index is -3.23. The molecule has 0 aromatic carbocycles. The van der Waals surface area contributed by atoms with Gasteiger partial charge in [0.2, 0.25) is 10.0 Å². The number of piperidine rings is 2. The van der Waals surface area contributed by atoms with Crippen molar-refractivity contribution < 1.29 is 13.2 Å². The Hall–Kier alpha value is -1.41. The van der Waals surface area contributed by atoms with E-state index in [1.54, 1.807) is 22.8 Å². The Morgan fingerprint density at radius 1 is 1.31 bits per heavy atom. The van der Waals surface area contributed by atoms with Gasteiger partial charge in [-0.25, -0.2) is 12.7 Å². The number of sulfonamides is 1. The van der Waals surface area contributed by atoms with Crippen molar-refractivity contribution >= 4 is 15.9 Å². The molecule has 26 heavy (non-hydrogen) atoms. The van der Waals surface area contributed by atoms with Crippen molar-refractivity contribution in [2.24, 2.45) is 5.92 Å². The Labute approximate surface area is 156 Å². The molecule has 2 aliphatic heterocycles. The first-order chi connectivity index (χ1) is 12.3. The monoisotopic (exact) mass is 382 g/mol. The van der Waals surface area contributed by atoms with E-state index >= 15 is 0 Å². The predicted molar refractivity (Wildman–Crippen MR) is 100 cm³/mol. The zero-order valence-electron chi connectivity index (χ0n) is 16.2. The van der Waals surface area contributed by atoms with Gasteiger partial charge in [-0.1, -0.05) is 0 Å². The number of hydrogen-bond donors (Lipinski definition) is 0. The molecule has 8 heteroatoms. The normalized spacial score (nSPS) is 24.7. The molecule has 2 aliphatic rings. The van der Waals surface area contributed by atoms with E-state index in [-0.39, 0.29) is 17.9 Å². The molecule has 0 aliphatic carbocycles. The molecule has 3 rings (SSSR count). The molecule has 2 saturated heterocycles. The number of aryl methyl sites for hydroxylation is 2. The molecule has 0 bridgehead atoms. The number of likely N-dealkylation sites (tertiary alicyclic amines) is 1. The number of aromatic nitrogens is 2. The summed E-state index contributed by atoms with van der Waals surface area (Å²) >= 11 is 0. The Kier molecular flexibility index (Phi) is 5.44. The number of nitrogens with zero attached hydrogens (tertiary/aromatic N) is 4. The van der Waals surface area contributed by atoms with Gasteiger partial charge in [0.1, 0.15) is 5.69 Å². The van der Waals surface area contributed by atoms with Crippen LogP contribution in [0.4, 0.5) is 0 Å². The summed E-state index contributed by atoms with van der Waals surface area (Å²) in [5.41, 5.74) is 1.49. The SMILES string of the molecule is CCn1nc(C)cc1C(=O)N1CCC[C@@H]2CN(S(=O)(=O)C(C)C)CC[C@H]21. The second-order valence-corrected chi connectivity index (χ2v) is 10.2. The average Bonchev–Trinajstić information content (AvgIpc) is 3.00. The number of hydrogen-bond acceptors (Lipinski definition) is 4. The Bertz CT molecular complexity index is 771. The van der Waals surface area contributed by atoms with Crippen molar-refractivity contribution in [2.45, 2.75) is 64.8 Å². The van der Waals surface area contributed by atoms with Gasteiger partial charge < -0.3 is 4.90 Å². The first-order valence-corrected chi connectivity index (χ1v) is 11.1. The van der Waals surface area contributed by atoms with Crippen LogP contribution >= 0.6 is 0 Å². The highest BCUT2D eigenvalue weighted by molar-refractivity contribution is 7.89. The topological polar surface area (TPSA) is 75.5 Å². The highest BCUT2D eigenvalue weighted by Gasteiger charge is 2.42. The van der Waals surface area contributed by atoms with E-state index in [9.17, 15) is 13.2 Å². The quantitative estimate of drug-likeness (QED) is 0.797. The summed E-state index contributed by atoms with van der Waals surface area (Å²) in [5.74, 6) is 0.247. The number of amides is 1. The lowest BCUT2D eigenvalue weighted by atomic mass is 9.84. The first-order valence-electron chi connectivity index (χ1n) is 9.60. The van der Waals surface area contributed by atoms with Gasteiger partial charge in [0.05, 0.1) is 10.9 Å². The van der Waals surface area contributed by atoms with Crippen LogP contribution in [0.1, 0.15) is 56.2 Å². The third-order valence-electron chi connectivity index (χ3n) is 5.67. The lowest BCUT2D eigenvalue weighted by Gasteiger charge is -2.47. The van der Waals surface area contributed by atoms with Crippen LogP contribution in [0.3, 0.4) is 0 Å². The fourth-order valence-corrected chi connectivity index (χ4v) is 5.61. The van der Waals surface area contributed by atoms with Crippen molar-refractivity contribution in [2.75, 3.05) is 19.6 Å². The van der Waals surface area contributed by atoms with Crippen LogP contribution < -0.4 is 0 Å². The maximum atomic E-state index is 13.2. The molecule has 3 heterocycles. The lowest BCUT2D eigenvalue weighted by molar-refractivity contribution is 0.0323. The molecule has 0 N–H and O–H groups in total. The maximum absolute atomic E-state index is 13.2. The lowest BCUT2D eigenvalue weighted by Crippen LogP contribution is -2.57. The number of rotatable bonds is 4. The van der Waals surface area contributed by atoms with Gasteiger partial charge in [-0.2, -0.15) is 5.10 Å². The number of carbonyl (C=O) groups excluding carboxylic acids is 1. The van der Waals surface area contributed by atoms with E-state index in [0.29, 0.717) is 31.7 Å². The Morgan fingerprint density at radius 3 is 2.69 bits per heavy atom. The smallest absolute Gasteiger partial charge is 0.272 e. The predicted octanol–water partition coefficient (Wildman–Crippen LogP) is 1.88. The van der Waals surface area contributed by atoms with Crippen molar-refractivity contribution in [1.29, 1.82) is 0 Å². The Balaban J connectivity index is 1.79. The second kappa shape index (κ2) is 7.31.